The summed E-state index contributed by atoms with van der Waals surface area (Å²) in [4.78, 5) is 28.4. The maximum atomic E-state index is 12.2. The van der Waals surface area contributed by atoms with Crippen LogP contribution in [-0.4, -0.2) is 50.4 Å². The summed E-state index contributed by atoms with van der Waals surface area (Å²) in [6, 6.07) is 0. The highest BCUT2D eigenvalue weighted by Gasteiger charge is 2.27. The monoisotopic (exact) mass is 275 g/mol. The topological polar surface area (TPSA) is 86.9 Å². The molecule has 1 saturated heterocycles. The Kier molecular flexibility index (Phi) is 3.51. The molecule has 7 heteroatoms. The number of morpholine rings is 1. The Balaban J connectivity index is 1.64. The smallest absolute Gasteiger partial charge is 0.228 e. The van der Waals surface area contributed by atoms with Gasteiger partial charge in [-0.05, 0) is 6.92 Å². The third-order valence-corrected chi connectivity index (χ3v) is 3.34. The summed E-state index contributed by atoms with van der Waals surface area (Å²) in [5, 5.41) is 0. The van der Waals surface area contributed by atoms with Gasteiger partial charge in [0.25, 0.3) is 0 Å². The number of nitrogens with one attached hydrogen (secondary N) is 2. The molecule has 0 saturated carbocycles. The Morgan fingerprint density at radius 3 is 3.15 bits per heavy atom. The maximum Gasteiger partial charge on any atom is 0.228 e. The summed E-state index contributed by atoms with van der Waals surface area (Å²) < 4.78 is 5.69. The zero-order chi connectivity index (χ0) is 13.9. The van der Waals surface area contributed by atoms with E-state index in [9.17, 15) is 4.79 Å². The standard InChI is InChI=1S/C13H17N5O2/c1-9-5-15-13(17-9)11-7-18(2-3-20-11)12(19)4-10-6-14-8-16-10/h5-6,8,11H,2-4,7H2,1H3,(H,14,16)(H,15,17)/t11-/m0/s1. The van der Waals surface area contributed by atoms with Gasteiger partial charge in [-0.1, -0.05) is 0 Å². The molecular weight excluding hydrogens is 258 g/mol. The van der Waals surface area contributed by atoms with Crippen molar-refractivity contribution in [2.24, 2.45) is 0 Å². The molecule has 0 aliphatic carbocycles. The van der Waals surface area contributed by atoms with Crippen LogP contribution in [-0.2, 0) is 16.0 Å². The summed E-state index contributed by atoms with van der Waals surface area (Å²) in [7, 11) is 0. The quantitative estimate of drug-likeness (QED) is 0.858. The number of hydrogen-bond donors (Lipinski definition) is 2. The van der Waals surface area contributed by atoms with E-state index in [0.29, 0.717) is 26.1 Å². The highest BCUT2D eigenvalue weighted by Crippen LogP contribution is 2.20. The third-order valence-electron chi connectivity index (χ3n) is 3.34. The van der Waals surface area contributed by atoms with E-state index >= 15 is 0 Å². The molecule has 0 radical (unpaired) electrons. The van der Waals surface area contributed by atoms with Gasteiger partial charge in [-0.15, -0.1) is 0 Å². The molecule has 0 aromatic carbocycles. The molecule has 1 amide bonds. The first-order valence-electron chi connectivity index (χ1n) is 6.60. The molecule has 3 heterocycles. The SMILES string of the molecule is Cc1cnc([C@@H]2CN(C(=O)Cc3cnc[nH]3)CCO2)[nH]1. The molecule has 0 spiro atoms. The third kappa shape index (κ3) is 2.72. The van der Waals surface area contributed by atoms with Crippen LogP contribution >= 0.6 is 0 Å². The molecule has 1 atom stereocenters. The van der Waals surface area contributed by atoms with Crippen molar-refractivity contribution in [2.75, 3.05) is 19.7 Å². The van der Waals surface area contributed by atoms with Gasteiger partial charge in [0.2, 0.25) is 5.91 Å². The Morgan fingerprint density at radius 2 is 2.45 bits per heavy atom. The summed E-state index contributed by atoms with van der Waals surface area (Å²) in [6.45, 7) is 3.61. The van der Waals surface area contributed by atoms with E-state index in [1.54, 1.807) is 18.7 Å². The van der Waals surface area contributed by atoms with E-state index in [-0.39, 0.29) is 12.0 Å². The van der Waals surface area contributed by atoms with Crippen molar-refractivity contribution in [3.63, 3.8) is 0 Å². The van der Waals surface area contributed by atoms with Gasteiger partial charge in [0.15, 0.2) is 0 Å². The van der Waals surface area contributed by atoms with Crippen LogP contribution in [0.2, 0.25) is 0 Å². The predicted octanol–water partition coefficient (Wildman–Crippen LogP) is 0.584. The number of amides is 1. The first kappa shape index (κ1) is 12.9. The largest absolute Gasteiger partial charge is 0.367 e. The molecule has 1 aliphatic heterocycles. The fourth-order valence-corrected chi connectivity index (χ4v) is 2.29. The molecule has 2 aromatic rings. The highest BCUT2D eigenvalue weighted by molar-refractivity contribution is 5.78. The van der Waals surface area contributed by atoms with E-state index in [1.165, 1.54) is 0 Å². The van der Waals surface area contributed by atoms with Gasteiger partial charge >= 0.3 is 0 Å². The second-order valence-corrected chi connectivity index (χ2v) is 4.90. The zero-order valence-electron chi connectivity index (χ0n) is 11.3. The van der Waals surface area contributed by atoms with Crippen LogP contribution in [0.1, 0.15) is 23.3 Å². The molecule has 106 valence electrons. The highest BCUT2D eigenvalue weighted by atomic mass is 16.5. The molecule has 1 aliphatic rings. The number of carbonyl (C=O) groups is 1. The number of H-pyrrole nitrogens is 2. The van der Waals surface area contributed by atoms with Gasteiger partial charge in [0.1, 0.15) is 11.9 Å². The minimum atomic E-state index is -0.178. The van der Waals surface area contributed by atoms with Crippen LogP contribution < -0.4 is 0 Å². The van der Waals surface area contributed by atoms with Crippen molar-refractivity contribution >= 4 is 5.91 Å². The van der Waals surface area contributed by atoms with E-state index < -0.39 is 0 Å². The van der Waals surface area contributed by atoms with Crippen LogP contribution in [0.3, 0.4) is 0 Å². The molecule has 2 aromatic heterocycles. The summed E-state index contributed by atoms with van der Waals surface area (Å²) in [6.07, 6.45) is 5.18. The number of hydrogen-bond acceptors (Lipinski definition) is 4. The molecule has 3 rings (SSSR count). The zero-order valence-corrected chi connectivity index (χ0v) is 11.3. The van der Waals surface area contributed by atoms with Crippen molar-refractivity contribution in [1.29, 1.82) is 0 Å². The minimum Gasteiger partial charge on any atom is -0.367 e. The number of carbonyl (C=O) groups excluding carboxylic acids is 1. The van der Waals surface area contributed by atoms with Crippen LogP contribution in [0.5, 0.6) is 0 Å². The van der Waals surface area contributed by atoms with Crippen LogP contribution in [0, 0.1) is 6.92 Å². The fraction of sp³-hybridized carbons (Fsp3) is 0.462. The lowest BCUT2D eigenvalue weighted by molar-refractivity contribution is -0.138. The summed E-state index contributed by atoms with van der Waals surface area (Å²) in [5.41, 5.74) is 1.82. The van der Waals surface area contributed by atoms with Crippen LogP contribution in [0.15, 0.2) is 18.7 Å². The van der Waals surface area contributed by atoms with Crippen molar-refractivity contribution in [1.82, 2.24) is 24.8 Å². The number of aromatic amines is 2. The number of imidazole rings is 2. The number of nitrogens with zero attached hydrogens (tertiary/aromatic N) is 3. The Bertz CT molecular complexity index is 577. The second kappa shape index (κ2) is 5.46. The number of aryl methyl sites for hydroxylation is 1. The van der Waals surface area contributed by atoms with Crippen LogP contribution in [0.4, 0.5) is 0 Å². The molecular formula is C13H17N5O2. The lowest BCUT2D eigenvalue weighted by Gasteiger charge is -2.32. The predicted molar refractivity (Wildman–Crippen MR) is 70.9 cm³/mol. The van der Waals surface area contributed by atoms with Crippen molar-refractivity contribution in [2.45, 2.75) is 19.4 Å². The molecule has 2 N–H and O–H groups in total. The minimum absolute atomic E-state index is 0.0748. The van der Waals surface area contributed by atoms with Crippen LogP contribution in [0.25, 0.3) is 0 Å². The molecule has 1 fully saturated rings. The van der Waals surface area contributed by atoms with Gasteiger partial charge in [-0.3, -0.25) is 4.79 Å². The van der Waals surface area contributed by atoms with Crippen molar-refractivity contribution < 1.29 is 9.53 Å². The summed E-state index contributed by atoms with van der Waals surface area (Å²) >= 11 is 0. The van der Waals surface area contributed by atoms with Crippen molar-refractivity contribution in [3.05, 3.63) is 35.9 Å². The number of rotatable bonds is 3. The summed E-state index contributed by atoms with van der Waals surface area (Å²) in [5.74, 6) is 0.854. The number of aromatic nitrogens is 4. The average molecular weight is 275 g/mol. The molecule has 0 bridgehead atoms. The van der Waals surface area contributed by atoms with Gasteiger partial charge in [-0.2, -0.15) is 0 Å². The lowest BCUT2D eigenvalue weighted by Crippen LogP contribution is -2.43. The van der Waals surface area contributed by atoms with E-state index in [4.69, 9.17) is 4.74 Å². The Labute approximate surface area is 116 Å². The second-order valence-electron chi connectivity index (χ2n) is 4.90. The molecule has 20 heavy (non-hydrogen) atoms. The van der Waals surface area contributed by atoms with Gasteiger partial charge in [-0.25, -0.2) is 9.97 Å². The van der Waals surface area contributed by atoms with Gasteiger partial charge < -0.3 is 19.6 Å². The van der Waals surface area contributed by atoms with Gasteiger partial charge in [0.05, 0.1) is 25.9 Å². The number of ether oxygens (including phenoxy) is 1. The maximum absolute atomic E-state index is 12.2. The first-order valence-corrected chi connectivity index (χ1v) is 6.60. The molecule has 7 nitrogen and oxygen atoms in total. The van der Waals surface area contributed by atoms with E-state index in [2.05, 4.69) is 19.9 Å². The Hall–Kier alpha value is -2.15. The van der Waals surface area contributed by atoms with E-state index in [1.807, 2.05) is 11.8 Å². The lowest BCUT2D eigenvalue weighted by atomic mass is 10.2. The van der Waals surface area contributed by atoms with Crippen molar-refractivity contribution in [3.8, 4) is 0 Å². The Morgan fingerprint density at radius 1 is 1.55 bits per heavy atom. The molecule has 0 unspecified atom stereocenters. The first-order chi connectivity index (χ1) is 9.72. The fourth-order valence-electron chi connectivity index (χ4n) is 2.29. The average Bonchev–Trinajstić information content (AvgIpc) is 3.10. The van der Waals surface area contributed by atoms with Gasteiger partial charge in [0, 0.05) is 30.3 Å². The normalized spacial score (nSPS) is 19.2. The van der Waals surface area contributed by atoms with E-state index in [0.717, 1.165) is 17.2 Å².